The molecule has 0 radical (unpaired) electrons. The van der Waals surface area contributed by atoms with Crippen LogP contribution < -0.4 is 5.73 Å². The number of esters is 1. The van der Waals surface area contributed by atoms with Crippen molar-refractivity contribution in [2.24, 2.45) is 5.73 Å². The first-order valence-corrected chi connectivity index (χ1v) is 5.66. The number of carbonyl (C=O) groups excluding carboxylic acids is 2. The van der Waals surface area contributed by atoms with Crippen LogP contribution in [0, 0.1) is 12.7 Å². The number of rotatable bonds is 4. The molecular weight excluding hydrogens is 267 g/mol. The third-order valence-electron chi connectivity index (χ3n) is 2.49. The molecule has 2 aromatic rings. The van der Waals surface area contributed by atoms with E-state index in [-0.39, 0.29) is 11.3 Å². The second kappa shape index (κ2) is 5.52. The molecule has 0 aliphatic carbocycles. The van der Waals surface area contributed by atoms with E-state index in [1.54, 1.807) is 6.92 Å². The summed E-state index contributed by atoms with van der Waals surface area (Å²) in [6.07, 6.45) is -1.33. The van der Waals surface area contributed by atoms with Crippen molar-refractivity contribution < 1.29 is 23.2 Å². The molecule has 0 bridgehead atoms. The third-order valence-corrected chi connectivity index (χ3v) is 2.49. The number of nitrogens with zero attached hydrogens (tertiary/aromatic N) is 1. The Balaban J connectivity index is 2.20. The standard InChI is InChI=1S/C13H11FN2O4/c1-7-6-10(20-16-7)13(18)19-11(12(15)17)8-2-4-9(14)5-3-8/h2-6,11H,1H3,(H2,15,17)/t11-/m0/s1. The van der Waals surface area contributed by atoms with Crippen LogP contribution in [0.1, 0.15) is 27.9 Å². The maximum absolute atomic E-state index is 12.8. The molecule has 2 rings (SSSR count). The molecule has 7 heteroatoms. The molecule has 0 spiro atoms. The Morgan fingerprint density at radius 3 is 2.50 bits per heavy atom. The number of benzene rings is 1. The number of ether oxygens (including phenoxy) is 1. The minimum atomic E-state index is -1.33. The van der Waals surface area contributed by atoms with Crippen LogP contribution in [0.3, 0.4) is 0 Å². The Morgan fingerprint density at radius 1 is 1.35 bits per heavy atom. The molecule has 20 heavy (non-hydrogen) atoms. The van der Waals surface area contributed by atoms with Gasteiger partial charge in [0.05, 0.1) is 5.69 Å². The predicted octanol–water partition coefficient (Wildman–Crippen LogP) is 1.51. The third kappa shape index (κ3) is 3.00. The van der Waals surface area contributed by atoms with E-state index in [1.165, 1.54) is 18.2 Å². The number of hydrogen-bond donors (Lipinski definition) is 1. The molecule has 6 nitrogen and oxygen atoms in total. The summed E-state index contributed by atoms with van der Waals surface area (Å²) < 4.78 is 22.5. The van der Waals surface area contributed by atoms with Crippen molar-refractivity contribution in [1.82, 2.24) is 5.16 Å². The zero-order valence-electron chi connectivity index (χ0n) is 10.5. The van der Waals surface area contributed by atoms with Gasteiger partial charge in [-0.1, -0.05) is 17.3 Å². The van der Waals surface area contributed by atoms with Crippen molar-refractivity contribution in [3.63, 3.8) is 0 Å². The summed E-state index contributed by atoms with van der Waals surface area (Å²) in [6, 6.07) is 6.26. The van der Waals surface area contributed by atoms with Crippen LogP contribution in [-0.4, -0.2) is 17.0 Å². The van der Waals surface area contributed by atoms with Crippen LogP contribution in [0.15, 0.2) is 34.9 Å². The van der Waals surface area contributed by atoms with Crippen LogP contribution in [0.2, 0.25) is 0 Å². The predicted molar refractivity (Wildman–Crippen MR) is 65.0 cm³/mol. The topological polar surface area (TPSA) is 95.4 Å². The first-order valence-electron chi connectivity index (χ1n) is 5.66. The number of nitrogens with two attached hydrogens (primary N) is 1. The average molecular weight is 278 g/mol. The van der Waals surface area contributed by atoms with Gasteiger partial charge in [-0.25, -0.2) is 9.18 Å². The lowest BCUT2D eigenvalue weighted by molar-refractivity contribution is -0.127. The Kier molecular flexibility index (Phi) is 3.79. The molecule has 1 amide bonds. The summed E-state index contributed by atoms with van der Waals surface area (Å²) in [5, 5.41) is 3.53. The lowest BCUT2D eigenvalue weighted by Crippen LogP contribution is -2.26. The molecule has 1 atom stereocenters. The van der Waals surface area contributed by atoms with Gasteiger partial charge >= 0.3 is 5.97 Å². The largest absolute Gasteiger partial charge is 0.441 e. The van der Waals surface area contributed by atoms with Gasteiger partial charge in [-0.05, 0) is 19.1 Å². The van der Waals surface area contributed by atoms with E-state index in [4.69, 9.17) is 15.0 Å². The average Bonchev–Trinajstić information content (AvgIpc) is 2.83. The number of aromatic nitrogens is 1. The monoisotopic (exact) mass is 278 g/mol. The van der Waals surface area contributed by atoms with Crippen LogP contribution >= 0.6 is 0 Å². The van der Waals surface area contributed by atoms with Crippen molar-refractivity contribution in [3.05, 3.63) is 53.2 Å². The maximum Gasteiger partial charge on any atom is 0.378 e. The molecule has 0 saturated heterocycles. The minimum absolute atomic E-state index is 0.143. The number of aryl methyl sites for hydroxylation is 1. The number of halogens is 1. The zero-order chi connectivity index (χ0) is 14.7. The summed E-state index contributed by atoms with van der Waals surface area (Å²) in [6.45, 7) is 1.63. The molecule has 104 valence electrons. The molecule has 2 N–H and O–H groups in total. The molecule has 1 heterocycles. The van der Waals surface area contributed by atoms with Crippen molar-refractivity contribution in [2.45, 2.75) is 13.0 Å². The van der Waals surface area contributed by atoms with Gasteiger partial charge in [0.25, 0.3) is 5.91 Å². The highest BCUT2D eigenvalue weighted by Gasteiger charge is 2.25. The summed E-state index contributed by atoms with van der Waals surface area (Å²) in [7, 11) is 0. The van der Waals surface area contributed by atoms with E-state index in [0.29, 0.717) is 5.69 Å². The van der Waals surface area contributed by atoms with Gasteiger partial charge in [0.1, 0.15) is 5.82 Å². The maximum atomic E-state index is 12.8. The Morgan fingerprint density at radius 2 is 2.00 bits per heavy atom. The van der Waals surface area contributed by atoms with E-state index in [1.807, 2.05) is 0 Å². The van der Waals surface area contributed by atoms with Gasteiger partial charge in [0.2, 0.25) is 11.9 Å². The van der Waals surface area contributed by atoms with Gasteiger partial charge in [-0.3, -0.25) is 4.79 Å². The summed E-state index contributed by atoms with van der Waals surface area (Å²) >= 11 is 0. The Labute approximate surface area is 113 Å². The highest BCUT2D eigenvalue weighted by molar-refractivity contribution is 5.90. The van der Waals surface area contributed by atoms with Crippen LogP contribution in [0.25, 0.3) is 0 Å². The number of amides is 1. The van der Waals surface area contributed by atoms with Gasteiger partial charge in [-0.2, -0.15) is 0 Å². The number of primary amides is 1. The van der Waals surface area contributed by atoms with Crippen LogP contribution in [-0.2, 0) is 9.53 Å². The second-order valence-electron chi connectivity index (χ2n) is 4.07. The van der Waals surface area contributed by atoms with E-state index < -0.39 is 23.8 Å². The smallest absolute Gasteiger partial charge is 0.378 e. The summed E-state index contributed by atoms with van der Waals surface area (Å²) in [5.41, 5.74) is 5.94. The van der Waals surface area contributed by atoms with Crippen LogP contribution in [0.4, 0.5) is 4.39 Å². The van der Waals surface area contributed by atoms with Crippen molar-refractivity contribution in [3.8, 4) is 0 Å². The minimum Gasteiger partial charge on any atom is -0.441 e. The molecule has 0 aliphatic rings. The number of hydrogen-bond acceptors (Lipinski definition) is 5. The molecule has 0 unspecified atom stereocenters. The van der Waals surface area contributed by atoms with E-state index in [0.717, 1.165) is 12.1 Å². The molecule has 0 fully saturated rings. The van der Waals surface area contributed by atoms with Crippen molar-refractivity contribution in [1.29, 1.82) is 0 Å². The molecule has 1 aromatic carbocycles. The first-order chi connectivity index (χ1) is 9.47. The quantitative estimate of drug-likeness (QED) is 0.855. The molecular formula is C13H11FN2O4. The summed E-state index contributed by atoms with van der Waals surface area (Å²) in [5.74, 6) is -2.37. The Bertz CT molecular complexity index is 636. The Hall–Kier alpha value is -2.70. The SMILES string of the molecule is Cc1cc(C(=O)O[C@H](C(N)=O)c2ccc(F)cc2)on1. The van der Waals surface area contributed by atoms with Gasteiger partial charge in [0.15, 0.2) is 0 Å². The lowest BCUT2D eigenvalue weighted by Gasteiger charge is -2.13. The van der Waals surface area contributed by atoms with Crippen molar-refractivity contribution in [2.75, 3.05) is 0 Å². The van der Waals surface area contributed by atoms with Crippen LogP contribution in [0.5, 0.6) is 0 Å². The fourth-order valence-corrected chi connectivity index (χ4v) is 1.55. The van der Waals surface area contributed by atoms with Gasteiger partial charge in [-0.15, -0.1) is 0 Å². The van der Waals surface area contributed by atoms with Crippen molar-refractivity contribution >= 4 is 11.9 Å². The highest BCUT2D eigenvalue weighted by atomic mass is 19.1. The van der Waals surface area contributed by atoms with E-state index in [2.05, 4.69) is 5.16 Å². The fraction of sp³-hybridized carbons (Fsp3) is 0.154. The molecule has 0 aliphatic heterocycles. The van der Waals surface area contributed by atoms with E-state index in [9.17, 15) is 14.0 Å². The zero-order valence-corrected chi connectivity index (χ0v) is 10.5. The normalized spacial score (nSPS) is 11.9. The highest BCUT2D eigenvalue weighted by Crippen LogP contribution is 2.19. The molecule has 1 aromatic heterocycles. The molecule has 0 saturated carbocycles. The fourth-order valence-electron chi connectivity index (χ4n) is 1.55. The van der Waals surface area contributed by atoms with E-state index >= 15 is 0 Å². The van der Waals surface area contributed by atoms with Gasteiger partial charge < -0.3 is 15.0 Å². The summed E-state index contributed by atoms with van der Waals surface area (Å²) in [4.78, 5) is 23.1. The first kappa shape index (κ1) is 13.7. The second-order valence-corrected chi connectivity index (χ2v) is 4.07. The van der Waals surface area contributed by atoms with Gasteiger partial charge in [0, 0.05) is 11.6 Å². The lowest BCUT2D eigenvalue weighted by atomic mass is 10.1. The number of carbonyl (C=O) groups is 2.